The highest BCUT2D eigenvalue weighted by Crippen LogP contribution is 2.33. The van der Waals surface area contributed by atoms with Crippen LogP contribution in [0.1, 0.15) is 83.5 Å². The van der Waals surface area contributed by atoms with Gasteiger partial charge in [-0.05, 0) is 62.7 Å². The van der Waals surface area contributed by atoms with Crippen molar-refractivity contribution >= 4 is 11.9 Å². The molecule has 0 spiro atoms. The fourth-order valence-electron chi connectivity index (χ4n) is 6.96. The van der Waals surface area contributed by atoms with Gasteiger partial charge in [0.2, 0.25) is 6.04 Å². The van der Waals surface area contributed by atoms with Gasteiger partial charge in [0.05, 0.1) is 25.3 Å². The fraction of sp³-hybridized carbons (Fsp3) is 0.926. The van der Waals surface area contributed by atoms with Gasteiger partial charge in [-0.1, -0.05) is 25.7 Å². The molecule has 3 aliphatic carbocycles. The number of hydrogen-bond donors (Lipinski definition) is 4. The van der Waals surface area contributed by atoms with Crippen LogP contribution in [0.5, 0.6) is 0 Å². The Bertz CT molecular complexity index is 775. The summed E-state index contributed by atoms with van der Waals surface area (Å²) in [5.74, 6) is -1.80. The lowest BCUT2D eigenvalue weighted by Gasteiger charge is -2.41. The van der Waals surface area contributed by atoms with E-state index in [4.69, 9.17) is 0 Å². The van der Waals surface area contributed by atoms with Gasteiger partial charge in [-0.15, -0.1) is 0 Å². The molecule has 0 bridgehead atoms. The third-order valence-electron chi connectivity index (χ3n) is 9.10. The molecule has 3 rings (SSSR count). The third-order valence-corrected chi connectivity index (χ3v) is 9.10. The van der Waals surface area contributed by atoms with E-state index in [1.807, 2.05) is 9.80 Å². The molecule has 4 N–H and O–H groups in total. The standard InChI is InChI=1S/C27H47N3O8/c31-24-7-3-1-5-20(24)14-28(17-26(33)34)16-23(13-19-9-11-22(12-10-19)30(37)38)29(18-27(35)36)15-21-6-2-4-8-25(21)32/h19-25,31-32H,1-18H2,(H,33,34)(H,35,36). The summed E-state index contributed by atoms with van der Waals surface area (Å²) in [6, 6.07) is -0.800. The second kappa shape index (κ2) is 15.1. The Kier molecular flexibility index (Phi) is 12.2. The summed E-state index contributed by atoms with van der Waals surface area (Å²) < 4.78 is 0. The van der Waals surface area contributed by atoms with Crippen molar-refractivity contribution in [3.05, 3.63) is 10.1 Å². The maximum atomic E-state index is 12.0. The summed E-state index contributed by atoms with van der Waals surface area (Å²) in [6.07, 6.45) is 9.02. The number of nitrogens with zero attached hydrogens (tertiary/aromatic N) is 3. The molecule has 11 nitrogen and oxygen atoms in total. The van der Waals surface area contributed by atoms with Crippen LogP contribution in [0.2, 0.25) is 0 Å². The Morgan fingerprint density at radius 3 is 1.82 bits per heavy atom. The van der Waals surface area contributed by atoms with Crippen molar-refractivity contribution in [2.45, 2.75) is 108 Å². The number of hydrogen-bond acceptors (Lipinski definition) is 8. The Labute approximate surface area is 225 Å². The SMILES string of the molecule is O=C(O)CN(CC1CCCCC1O)CC(CC1CCC([N+](=O)[O-])CC1)N(CC(=O)O)CC1CCCCC1O. The maximum absolute atomic E-state index is 12.0. The van der Waals surface area contributed by atoms with Crippen LogP contribution in [0.25, 0.3) is 0 Å². The van der Waals surface area contributed by atoms with Crippen LogP contribution in [-0.4, -0.2) is 104 Å². The average Bonchev–Trinajstić information content (AvgIpc) is 2.85. The predicted molar refractivity (Wildman–Crippen MR) is 140 cm³/mol. The predicted octanol–water partition coefficient (Wildman–Crippen LogP) is 2.46. The topological polar surface area (TPSA) is 165 Å². The van der Waals surface area contributed by atoms with E-state index in [1.54, 1.807) is 0 Å². The number of aliphatic hydroxyl groups excluding tert-OH is 2. The first-order chi connectivity index (χ1) is 18.1. The number of carboxylic acids is 2. The van der Waals surface area contributed by atoms with Crippen molar-refractivity contribution in [2.24, 2.45) is 17.8 Å². The quantitative estimate of drug-likeness (QED) is 0.190. The first kappa shape index (κ1) is 30.7. The van der Waals surface area contributed by atoms with Crippen LogP contribution in [0, 0.1) is 27.9 Å². The molecule has 0 amide bonds. The van der Waals surface area contributed by atoms with Gasteiger partial charge in [0, 0.05) is 43.4 Å². The smallest absolute Gasteiger partial charge is 0.317 e. The summed E-state index contributed by atoms with van der Waals surface area (Å²) in [6.45, 7) is 0.812. The minimum absolute atomic E-state index is 0.0210. The molecule has 0 saturated heterocycles. The van der Waals surface area contributed by atoms with Crippen molar-refractivity contribution in [1.29, 1.82) is 0 Å². The van der Waals surface area contributed by atoms with Crippen molar-refractivity contribution in [3.8, 4) is 0 Å². The van der Waals surface area contributed by atoms with E-state index >= 15 is 0 Å². The summed E-state index contributed by atoms with van der Waals surface area (Å²) in [5, 5.41) is 51.9. The third kappa shape index (κ3) is 9.73. The van der Waals surface area contributed by atoms with Gasteiger partial charge in [-0.25, -0.2) is 0 Å². The van der Waals surface area contributed by atoms with Crippen molar-refractivity contribution in [1.82, 2.24) is 9.80 Å². The molecule has 0 aromatic carbocycles. The van der Waals surface area contributed by atoms with Crippen LogP contribution >= 0.6 is 0 Å². The van der Waals surface area contributed by atoms with Crippen LogP contribution in [-0.2, 0) is 9.59 Å². The lowest BCUT2D eigenvalue weighted by molar-refractivity contribution is -0.527. The number of aliphatic hydroxyl groups is 2. The van der Waals surface area contributed by atoms with Gasteiger partial charge < -0.3 is 20.4 Å². The lowest BCUT2D eigenvalue weighted by Crippen LogP contribution is -2.52. The summed E-state index contributed by atoms with van der Waals surface area (Å²) in [5.41, 5.74) is 0. The Morgan fingerprint density at radius 2 is 1.32 bits per heavy atom. The van der Waals surface area contributed by atoms with E-state index in [2.05, 4.69) is 0 Å². The largest absolute Gasteiger partial charge is 0.480 e. The van der Waals surface area contributed by atoms with Gasteiger partial charge in [0.25, 0.3) is 0 Å². The van der Waals surface area contributed by atoms with Gasteiger partial charge >= 0.3 is 11.9 Å². The molecule has 5 atom stereocenters. The van der Waals surface area contributed by atoms with Crippen LogP contribution in [0.15, 0.2) is 0 Å². The number of aliphatic carboxylic acids is 2. The van der Waals surface area contributed by atoms with E-state index in [1.165, 1.54) is 0 Å². The first-order valence-electron chi connectivity index (χ1n) is 14.5. The Balaban J connectivity index is 1.80. The molecule has 3 saturated carbocycles. The van der Waals surface area contributed by atoms with E-state index in [-0.39, 0.29) is 41.8 Å². The van der Waals surface area contributed by atoms with Crippen LogP contribution in [0.3, 0.4) is 0 Å². The minimum atomic E-state index is -0.968. The molecular formula is C27H47N3O8. The van der Waals surface area contributed by atoms with E-state index < -0.39 is 30.2 Å². The molecule has 0 aliphatic heterocycles. The summed E-state index contributed by atoms with van der Waals surface area (Å²) in [7, 11) is 0. The normalized spacial score (nSPS) is 31.3. The number of carboxylic acid groups (broad SMARTS) is 2. The Hall–Kier alpha value is -1.82. The monoisotopic (exact) mass is 541 g/mol. The second-order valence-electron chi connectivity index (χ2n) is 12.0. The molecule has 0 aromatic rings. The van der Waals surface area contributed by atoms with Gasteiger partial charge in [0.15, 0.2) is 0 Å². The molecule has 0 aromatic heterocycles. The van der Waals surface area contributed by atoms with Crippen molar-refractivity contribution < 1.29 is 34.9 Å². The summed E-state index contributed by atoms with van der Waals surface area (Å²) >= 11 is 0. The van der Waals surface area contributed by atoms with Gasteiger partial charge in [0.1, 0.15) is 0 Å². The molecule has 38 heavy (non-hydrogen) atoms. The summed E-state index contributed by atoms with van der Waals surface area (Å²) in [4.78, 5) is 38.6. The fourth-order valence-corrected chi connectivity index (χ4v) is 6.96. The molecule has 0 heterocycles. The molecule has 5 unspecified atom stereocenters. The zero-order chi connectivity index (χ0) is 27.7. The van der Waals surface area contributed by atoms with E-state index in [9.17, 15) is 40.1 Å². The van der Waals surface area contributed by atoms with Gasteiger partial charge in [-0.3, -0.25) is 29.5 Å². The molecule has 3 fully saturated rings. The highest BCUT2D eigenvalue weighted by atomic mass is 16.6. The van der Waals surface area contributed by atoms with Crippen LogP contribution in [0.4, 0.5) is 0 Å². The first-order valence-corrected chi connectivity index (χ1v) is 14.5. The highest BCUT2D eigenvalue weighted by molar-refractivity contribution is 5.69. The minimum Gasteiger partial charge on any atom is -0.480 e. The zero-order valence-electron chi connectivity index (χ0n) is 22.5. The number of carbonyl (C=O) groups is 2. The maximum Gasteiger partial charge on any atom is 0.317 e. The lowest BCUT2D eigenvalue weighted by atomic mass is 9.81. The van der Waals surface area contributed by atoms with Crippen LogP contribution < -0.4 is 0 Å². The molecule has 0 radical (unpaired) electrons. The zero-order valence-corrected chi connectivity index (χ0v) is 22.5. The van der Waals surface area contributed by atoms with E-state index in [0.29, 0.717) is 64.6 Å². The highest BCUT2D eigenvalue weighted by Gasteiger charge is 2.35. The second-order valence-corrected chi connectivity index (χ2v) is 12.0. The van der Waals surface area contributed by atoms with Crippen molar-refractivity contribution in [3.63, 3.8) is 0 Å². The molecule has 3 aliphatic rings. The van der Waals surface area contributed by atoms with E-state index in [0.717, 1.165) is 38.5 Å². The number of rotatable bonds is 14. The molecular weight excluding hydrogens is 494 g/mol. The average molecular weight is 542 g/mol. The van der Waals surface area contributed by atoms with Crippen molar-refractivity contribution in [2.75, 3.05) is 32.7 Å². The number of nitro groups is 1. The molecule has 218 valence electrons. The van der Waals surface area contributed by atoms with Gasteiger partial charge in [-0.2, -0.15) is 0 Å². The Morgan fingerprint density at radius 1 is 0.789 bits per heavy atom. The molecule has 11 heteroatoms.